The van der Waals surface area contributed by atoms with E-state index in [4.69, 9.17) is 12.2 Å². The molecular weight excluding hydrogens is 586 g/mol. The molecule has 3 saturated heterocycles. The van der Waals surface area contributed by atoms with Crippen molar-refractivity contribution in [2.24, 2.45) is 11.8 Å². The van der Waals surface area contributed by atoms with Crippen LogP contribution in [-0.2, 0) is 0 Å². The van der Waals surface area contributed by atoms with Crippen LogP contribution in [0.4, 0.5) is 0 Å². The van der Waals surface area contributed by atoms with Crippen LogP contribution in [0.25, 0.3) is 10.8 Å². The smallest absolute Gasteiger partial charge is 0.167 e. The van der Waals surface area contributed by atoms with E-state index in [-0.39, 0.29) is 12.1 Å². The third kappa shape index (κ3) is 6.17. The number of thiocarbonyl (C=S) groups is 1. The van der Waals surface area contributed by atoms with Crippen molar-refractivity contribution in [1.29, 1.82) is 0 Å². The molecule has 5 heteroatoms. The Morgan fingerprint density at radius 2 is 1.60 bits per heavy atom. The normalized spacial score (nSPS) is 23.7. The maximum Gasteiger partial charge on any atom is 0.167 e. The van der Waals surface area contributed by atoms with Crippen molar-refractivity contribution in [3.05, 3.63) is 144 Å². The van der Waals surface area contributed by atoms with E-state index in [2.05, 4.69) is 150 Å². The Hall–Kier alpha value is -3.56. The molecule has 2 N–H and O–H groups in total. The molecule has 1 aliphatic carbocycles. The Morgan fingerprint density at radius 3 is 2.29 bits per heavy atom. The number of hydrogen-bond acceptors (Lipinski definition) is 2. The number of hydrogen-bond donors (Lipinski definition) is 2. The number of rotatable bonds is 9. The molecule has 5 unspecified atom stereocenters. The average molecular weight is 628 g/mol. The summed E-state index contributed by atoms with van der Waals surface area (Å²) in [6.45, 7) is 8.67. The van der Waals surface area contributed by atoms with Gasteiger partial charge in [0.15, 0.2) is 5.11 Å². The first kappa shape index (κ1) is 30.1. The number of nitrogens with one attached hydrogen (secondary N) is 2. The largest absolute Gasteiger partial charge is 0.356 e. The molecule has 4 aliphatic rings. The van der Waals surface area contributed by atoms with Crippen LogP contribution >= 0.6 is 20.1 Å². The van der Waals surface area contributed by atoms with E-state index in [0.717, 1.165) is 31.0 Å². The Labute approximate surface area is 274 Å². The van der Waals surface area contributed by atoms with Crippen LogP contribution < -0.4 is 21.2 Å². The summed E-state index contributed by atoms with van der Waals surface area (Å²) in [6.07, 6.45) is 10.2. The maximum absolute atomic E-state index is 6.16. The molecule has 2 bridgehead atoms. The van der Waals surface area contributed by atoms with Gasteiger partial charge in [0, 0.05) is 18.6 Å². The summed E-state index contributed by atoms with van der Waals surface area (Å²) in [7, 11) is -0.667. The van der Waals surface area contributed by atoms with E-state index in [9.17, 15) is 0 Å². The molecule has 0 aromatic heterocycles. The zero-order valence-electron chi connectivity index (χ0n) is 26.0. The maximum atomic E-state index is 6.16. The molecule has 4 aromatic carbocycles. The van der Waals surface area contributed by atoms with Gasteiger partial charge in [0.1, 0.15) is 0 Å². The van der Waals surface area contributed by atoms with Gasteiger partial charge in [-0.05, 0) is 103 Å². The van der Waals surface area contributed by atoms with Gasteiger partial charge in [0.25, 0.3) is 0 Å². The van der Waals surface area contributed by atoms with Crippen molar-refractivity contribution in [3.63, 3.8) is 0 Å². The van der Waals surface area contributed by atoms with E-state index in [1.807, 2.05) is 0 Å². The molecule has 228 valence electrons. The molecule has 3 heterocycles. The Kier molecular flexibility index (Phi) is 8.99. The fourth-order valence-corrected chi connectivity index (χ4v) is 10.7. The van der Waals surface area contributed by atoms with Crippen LogP contribution in [0.5, 0.6) is 0 Å². The summed E-state index contributed by atoms with van der Waals surface area (Å²) in [4.78, 5) is 2.69. The Bertz CT molecular complexity index is 1690. The summed E-state index contributed by atoms with van der Waals surface area (Å²) in [6, 6.07) is 38.0. The van der Waals surface area contributed by atoms with Crippen LogP contribution in [-0.4, -0.2) is 35.2 Å². The average Bonchev–Trinajstić information content (AvgIpc) is 3.58. The molecule has 0 saturated carbocycles. The van der Waals surface area contributed by atoms with Crippen molar-refractivity contribution >= 4 is 46.6 Å². The number of nitrogens with zero attached hydrogens (tertiary/aromatic N) is 1. The second kappa shape index (κ2) is 13.4. The molecule has 8 rings (SSSR count). The van der Waals surface area contributed by atoms with E-state index in [1.165, 1.54) is 44.3 Å². The summed E-state index contributed by atoms with van der Waals surface area (Å²) in [5.41, 5.74) is 2.76. The Balaban J connectivity index is 1.18. The van der Waals surface area contributed by atoms with Gasteiger partial charge in [-0.3, -0.25) is 4.90 Å². The molecule has 4 aromatic rings. The molecule has 0 amide bonds. The first-order valence-electron chi connectivity index (χ1n) is 16.3. The Morgan fingerprint density at radius 1 is 0.911 bits per heavy atom. The van der Waals surface area contributed by atoms with Crippen molar-refractivity contribution in [2.45, 2.75) is 44.3 Å². The van der Waals surface area contributed by atoms with Gasteiger partial charge < -0.3 is 10.6 Å². The molecule has 3 aliphatic heterocycles. The number of allylic oxidation sites excluding steroid dienone is 3. The predicted molar refractivity (Wildman–Crippen MR) is 197 cm³/mol. The van der Waals surface area contributed by atoms with Crippen molar-refractivity contribution in [2.75, 3.05) is 13.1 Å². The summed E-state index contributed by atoms with van der Waals surface area (Å²) < 4.78 is 0. The second-order valence-corrected chi connectivity index (χ2v) is 15.2. The monoisotopic (exact) mass is 627 g/mol. The van der Waals surface area contributed by atoms with Crippen molar-refractivity contribution in [1.82, 2.24) is 15.5 Å². The third-order valence-corrected chi connectivity index (χ3v) is 12.8. The number of piperidine rings is 3. The van der Waals surface area contributed by atoms with Crippen molar-refractivity contribution in [3.8, 4) is 0 Å². The minimum absolute atomic E-state index is 0.0952. The van der Waals surface area contributed by atoms with Crippen LogP contribution in [0, 0.1) is 11.8 Å². The van der Waals surface area contributed by atoms with Gasteiger partial charge in [-0.15, -0.1) is 6.58 Å². The fourth-order valence-electron chi connectivity index (χ4n) is 7.80. The molecule has 3 nitrogen and oxygen atoms in total. The van der Waals surface area contributed by atoms with Crippen LogP contribution in [0.2, 0.25) is 0 Å². The third-order valence-electron chi connectivity index (χ3n) is 10.1. The van der Waals surface area contributed by atoms with E-state index in [0.29, 0.717) is 17.9 Å². The van der Waals surface area contributed by atoms with Gasteiger partial charge in [0.05, 0.1) is 6.04 Å². The number of fused-ring (bicyclic) bond motifs is 4. The predicted octanol–water partition coefficient (Wildman–Crippen LogP) is 7.98. The van der Waals surface area contributed by atoms with E-state index >= 15 is 0 Å². The topological polar surface area (TPSA) is 27.3 Å². The minimum Gasteiger partial charge on any atom is -0.356 e. The van der Waals surface area contributed by atoms with Gasteiger partial charge in [0.2, 0.25) is 0 Å². The lowest BCUT2D eigenvalue weighted by atomic mass is 9.73. The first-order chi connectivity index (χ1) is 22.1. The zero-order chi connectivity index (χ0) is 30.8. The summed E-state index contributed by atoms with van der Waals surface area (Å²) in [5, 5.41) is 15.1. The minimum atomic E-state index is -0.667. The first-order valence-corrected chi connectivity index (χ1v) is 18.1. The molecular formula is C40H42N3PS. The highest BCUT2D eigenvalue weighted by Gasteiger charge is 2.43. The highest BCUT2D eigenvalue weighted by atomic mass is 32.1. The van der Waals surface area contributed by atoms with Gasteiger partial charge in [-0.25, -0.2) is 0 Å². The quantitative estimate of drug-likeness (QED) is 0.112. The number of benzene rings is 4. The molecule has 3 fully saturated rings. The van der Waals surface area contributed by atoms with Gasteiger partial charge in [-0.2, -0.15) is 0 Å². The summed E-state index contributed by atoms with van der Waals surface area (Å²) in [5.74, 6) is 1.27. The van der Waals surface area contributed by atoms with Gasteiger partial charge in [-0.1, -0.05) is 121 Å². The van der Waals surface area contributed by atoms with Crippen LogP contribution in [0.3, 0.4) is 0 Å². The van der Waals surface area contributed by atoms with Gasteiger partial charge >= 0.3 is 0 Å². The summed E-state index contributed by atoms with van der Waals surface area (Å²) >= 11 is 6.16. The lowest BCUT2D eigenvalue weighted by molar-refractivity contribution is 0.00429. The molecule has 6 atom stereocenters. The van der Waals surface area contributed by atoms with Crippen molar-refractivity contribution < 1.29 is 0 Å². The standard InChI is InChI=1S/C40H42N3PS/c1-3-29-27-43-25-24-31(29)26-37(43)39(36-22-12-15-30-14-10-11-20-35(30)36)42-40(45)41-28(2)34-21-13-23-38(34)44(32-16-6-4-7-17-32)33-18-8-5-9-19-33/h3-20,22-23,28-29,31,37,39H,1,21,24-27H2,2H3,(H2,41,42,45)/t28-,29?,31?,37?,39?/m1/s1. The zero-order valence-corrected chi connectivity index (χ0v) is 27.7. The fraction of sp³-hybridized carbons (Fsp3) is 0.275. The van der Waals surface area contributed by atoms with E-state index in [1.54, 1.807) is 0 Å². The molecule has 45 heavy (non-hydrogen) atoms. The lowest BCUT2D eigenvalue weighted by Gasteiger charge is -2.52. The SMILES string of the molecule is C=CC1CN2CCC1CC2C(NC(=S)N[C@H](C)C1=C(P(c2ccccc2)c2ccccc2)C=CC1)c1cccc2ccccc12. The molecule has 0 spiro atoms. The lowest BCUT2D eigenvalue weighted by Crippen LogP contribution is -2.58. The van der Waals surface area contributed by atoms with Crippen LogP contribution in [0.15, 0.2) is 139 Å². The highest BCUT2D eigenvalue weighted by Crippen LogP contribution is 2.49. The molecule has 0 radical (unpaired) electrons. The van der Waals surface area contributed by atoms with Crippen LogP contribution in [0.1, 0.15) is 37.8 Å². The van der Waals surface area contributed by atoms with E-state index < -0.39 is 7.92 Å². The second-order valence-electron chi connectivity index (χ2n) is 12.7. The highest BCUT2D eigenvalue weighted by molar-refractivity contribution is 7.80.